The zero-order valence-electron chi connectivity index (χ0n) is 6.02. The summed E-state index contributed by atoms with van der Waals surface area (Å²) in [6.45, 7) is 0. The Kier molecular flexibility index (Phi) is 5.09. The Morgan fingerprint density at radius 3 is 2.10 bits per heavy atom. The molecule has 0 aliphatic heterocycles. The minimum atomic E-state index is -0.250. The van der Waals surface area contributed by atoms with Gasteiger partial charge in [0.15, 0.2) is 0 Å². The molecule has 2 bridgehead atoms. The van der Waals surface area contributed by atoms with Crippen molar-refractivity contribution >= 4 is 27.2 Å². The van der Waals surface area contributed by atoms with Crippen molar-refractivity contribution in [3.05, 3.63) is 6.42 Å². The maximum absolute atomic E-state index is 3.25. The van der Waals surface area contributed by atoms with Gasteiger partial charge in [0.1, 0.15) is 0 Å². The van der Waals surface area contributed by atoms with Gasteiger partial charge in [0.2, 0.25) is 0 Å². The molecule has 0 nitrogen and oxygen atoms in total. The van der Waals surface area contributed by atoms with Gasteiger partial charge in [-0.05, 0) is 37.5 Å². The molecule has 2 atom stereocenters. The van der Waals surface area contributed by atoms with Gasteiger partial charge in [0.25, 0.3) is 0 Å². The molecule has 2 fully saturated rings. The zero-order valence-corrected chi connectivity index (χ0v) is 12.2. The van der Waals surface area contributed by atoms with Crippen molar-refractivity contribution < 1.29 is 13.2 Å². The molecule has 2 aliphatic rings. The van der Waals surface area contributed by atoms with Crippen LogP contribution < -0.4 is 0 Å². The molecule has 3 heteroatoms. The van der Waals surface area contributed by atoms with E-state index < -0.39 is 0 Å². The van der Waals surface area contributed by atoms with Crippen molar-refractivity contribution in [3.8, 4) is 0 Å². The van der Waals surface area contributed by atoms with Crippen LogP contribution in [0.3, 0.4) is 0 Å². The fourth-order valence-corrected chi connectivity index (χ4v) is 1.93. The minimum absolute atomic E-state index is 0.250. The van der Waals surface area contributed by atoms with Gasteiger partial charge < -0.3 is 0 Å². The SMILES string of the molecule is [Br][Zn][Br].[CH]1CC2CCC1C2. The van der Waals surface area contributed by atoms with E-state index >= 15 is 0 Å². The molecule has 0 aromatic heterocycles. The summed E-state index contributed by atoms with van der Waals surface area (Å²) in [5, 5.41) is 0. The summed E-state index contributed by atoms with van der Waals surface area (Å²) in [6, 6.07) is 0. The van der Waals surface area contributed by atoms with Crippen molar-refractivity contribution in [2.24, 2.45) is 11.8 Å². The first kappa shape index (κ1) is 9.67. The van der Waals surface area contributed by atoms with Crippen LogP contribution in [0, 0.1) is 18.3 Å². The van der Waals surface area contributed by atoms with Crippen molar-refractivity contribution in [2.75, 3.05) is 0 Å². The second kappa shape index (κ2) is 5.27. The fraction of sp³-hybridized carbons (Fsp3) is 0.857. The van der Waals surface area contributed by atoms with Gasteiger partial charge in [0.05, 0.1) is 0 Å². The van der Waals surface area contributed by atoms with Gasteiger partial charge in [-0.25, -0.2) is 0 Å². The van der Waals surface area contributed by atoms with E-state index in [1.54, 1.807) is 0 Å². The number of hydrogen-bond donors (Lipinski definition) is 0. The van der Waals surface area contributed by atoms with Gasteiger partial charge >= 0.3 is 40.5 Å². The van der Waals surface area contributed by atoms with E-state index in [0.717, 1.165) is 11.8 Å². The molecule has 2 unspecified atom stereocenters. The largest absolute Gasteiger partial charge is 0.0502 e. The molecule has 0 amide bonds. The van der Waals surface area contributed by atoms with Crippen LogP contribution in [0.1, 0.15) is 25.7 Å². The second-order valence-electron chi connectivity index (χ2n) is 3.01. The second-order valence-corrected chi connectivity index (χ2v) is 17.1. The molecular formula is C7H11Br2Zn. The minimum Gasteiger partial charge on any atom is -0.0502 e. The summed E-state index contributed by atoms with van der Waals surface area (Å²) < 4.78 is 0. The van der Waals surface area contributed by atoms with Crippen LogP contribution in [0.5, 0.6) is 0 Å². The van der Waals surface area contributed by atoms with Gasteiger partial charge in [-0.15, -0.1) is 0 Å². The molecule has 55 valence electrons. The summed E-state index contributed by atoms with van der Waals surface area (Å²) in [5.41, 5.74) is 0. The van der Waals surface area contributed by atoms with E-state index in [1.807, 2.05) is 0 Å². The Balaban J connectivity index is 0.000000148. The van der Waals surface area contributed by atoms with Crippen LogP contribution >= 0.6 is 27.2 Å². The predicted octanol–water partition coefficient (Wildman–Crippen LogP) is 3.70. The molecule has 1 radical (unpaired) electrons. The van der Waals surface area contributed by atoms with Crippen molar-refractivity contribution in [3.63, 3.8) is 0 Å². The molecule has 0 N–H and O–H groups in total. The summed E-state index contributed by atoms with van der Waals surface area (Å²) in [5.74, 6) is 2.16. The van der Waals surface area contributed by atoms with E-state index in [0.29, 0.717) is 0 Å². The number of hydrogen-bond acceptors (Lipinski definition) is 0. The van der Waals surface area contributed by atoms with E-state index in [4.69, 9.17) is 0 Å². The smallest absolute Gasteiger partial charge is 0.0352 e. The van der Waals surface area contributed by atoms with Crippen LogP contribution in [0.4, 0.5) is 0 Å². The van der Waals surface area contributed by atoms with Crippen molar-refractivity contribution in [1.29, 1.82) is 0 Å². The van der Waals surface area contributed by atoms with E-state index in [2.05, 4.69) is 33.7 Å². The Morgan fingerprint density at radius 1 is 1.30 bits per heavy atom. The Bertz CT molecular complexity index is 79.6. The maximum Gasteiger partial charge on any atom is -0.0352 e. The Morgan fingerprint density at radius 2 is 2.00 bits per heavy atom. The maximum atomic E-state index is 3.25. The third-order valence-electron chi connectivity index (χ3n) is 2.38. The van der Waals surface area contributed by atoms with Gasteiger partial charge in [-0.3, -0.25) is 0 Å². The number of rotatable bonds is 0. The average Bonchev–Trinajstić information content (AvgIpc) is 2.49. The van der Waals surface area contributed by atoms with Crippen LogP contribution in [0.15, 0.2) is 0 Å². The van der Waals surface area contributed by atoms with Crippen LogP contribution in [-0.4, -0.2) is 0 Å². The van der Waals surface area contributed by atoms with Gasteiger partial charge in [-0.1, -0.05) is 6.42 Å². The van der Waals surface area contributed by atoms with Gasteiger partial charge in [0, 0.05) is 0 Å². The molecule has 2 aliphatic carbocycles. The van der Waals surface area contributed by atoms with Crippen LogP contribution in [0.25, 0.3) is 0 Å². The first-order chi connectivity index (χ1) is 4.86. The molecule has 2 saturated carbocycles. The topological polar surface area (TPSA) is 0 Å². The summed E-state index contributed by atoms with van der Waals surface area (Å²) in [7, 11) is 0. The standard InChI is InChI=1S/C7H11.2BrH.Zn/c1-2-7-4-3-6(1)5-7;;;/h1,6-7H,2-5H2;2*1H;/q;;;+2/p-2. The third kappa shape index (κ3) is 2.91. The monoisotopic (exact) mass is 317 g/mol. The quantitative estimate of drug-likeness (QED) is 0.597. The van der Waals surface area contributed by atoms with Gasteiger partial charge in [-0.2, -0.15) is 0 Å². The fourth-order valence-electron chi connectivity index (χ4n) is 1.93. The normalized spacial score (nSPS) is 34.6. The van der Waals surface area contributed by atoms with E-state index in [9.17, 15) is 0 Å². The summed E-state index contributed by atoms with van der Waals surface area (Å²) in [6.07, 6.45) is 8.50. The molecule has 2 rings (SSSR count). The van der Waals surface area contributed by atoms with Crippen LogP contribution in [0.2, 0.25) is 0 Å². The molecular weight excluding hydrogens is 309 g/mol. The van der Waals surface area contributed by atoms with Crippen molar-refractivity contribution in [2.45, 2.75) is 25.7 Å². The summed E-state index contributed by atoms with van der Waals surface area (Å²) >= 11 is 6.25. The summed E-state index contributed by atoms with van der Waals surface area (Å²) in [4.78, 5) is 0. The first-order valence-electron chi connectivity index (χ1n) is 3.82. The van der Waals surface area contributed by atoms with E-state index in [1.165, 1.54) is 25.7 Å². The third-order valence-corrected chi connectivity index (χ3v) is 2.38. The molecule has 0 heterocycles. The Hall–Kier alpha value is 1.58. The van der Waals surface area contributed by atoms with Crippen molar-refractivity contribution in [1.82, 2.24) is 0 Å². The average molecular weight is 320 g/mol. The molecule has 0 spiro atoms. The molecule has 0 saturated heterocycles. The first-order valence-corrected chi connectivity index (χ1v) is 17.7. The number of fused-ring (bicyclic) bond motifs is 2. The molecule has 10 heavy (non-hydrogen) atoms. The molecule has 0 aromatic carbocycles. The zero-order chi connectivity index (χ0) is 7.40. The van der Waals surface area contributed by atoms with E-state index in [-0.39, 0.29) is 13.2 Å². The van der Waals surface area contributed by atoms with Crippen LogP contribution in [-0.2, 0) is 13.2 Å². The number of halogens is 2. The predicted molar refractivity (Wildman–Crippen MR) is 47.6 cm³/mol. The molecule has 0 aromatic rings. The Labute approximate surface area is 83.8 Å².